The molecule has 0 aliphatic rings. The number of aromatic nitrogens is 4. The van der Waals surface area contributed by atoms with Crippen LogP contribution in [-0.2, 0) is 0 Å². The molecule has 4 aromatic heterocycles. The summed E-state index contributed by atoms with van der Waals surface area (Å²) in [4.78, 5) is 5.23. The van der Waals surface area contributed by atoms with Gasteiger partial charge in [-0.15, -0.1) is 0 Å². The molecule has 4 heterocycles. The van der Waals surface area contributed by atoms with E-state index in [0.717, 1.165) is 33.8 Å². The standard InChI is InChI=1S/C43H29N4P/c1-4-15-30(16-5-1)36-22-14-26-41(44-36)46-40-25-13-12-24-39(40)45-37-28-27-34-33-21-10-11-23-38(33)47(43(34)35(37)29-42(45)46)48(31-17-6-2-7-18-31)32-19-8-3-9-20-32/h1-29H. The van der Waals surface area contributed by atoms with Gasteiger partial charge in [-0.05, 0) is 42.5 Å². The van der Waals surface area contributed by atoms with Gasteiger partial charge in [-0.2, -0.15) is 0 Å². The molecule has 48 heavy (non-hydrogen) atoms. The summed E-state index contributed by atoms with van der Waals surface area (Å²) >= 11 is 0. The highest BCUT2D eigenvalue weighted by Crippen LogP contribution is 2.47. The first-order chi connectivity index (χ1) is 23.8. The Morgan fingerprint density at radius 1 is 0.438 bits per heavy atom. The Morgan fingerprint density at radius 2 is 1.06 bits per heavy atom. The first-order valence-electron chi connectivity index (χ1n) is 16.3. The van der Waals surface area contributed by atoms with Crippen molar-refractivity contribution in [1.82, 2.24) is 18.3 Å². The van der Waals surface area contributed by atoms with E-state index in [1.807, 2.05) is 6.07 Å². The number of pyridine rings is 1. The van der Waals surface area contributed by atoms with Crippen LogP contribution in [0.4, 0.5) is 0 Å². The van der Waals surface area contributed by atoms with Crippen LogP contribution in [0.25, 0.3) is 66.5 Å². The normalized spacial score (nSPS) is 11.9. The van der Waals surface area contributed by atoms with E-state index >= 15 is 0 Å². The monoisotopic (exact) mass is 632 g/mol. The number of nitrogens with zero attached hydrogens (tertiary/aromatic N) is 4. The van der Waals surface area contributed by atoms with Crippen molar-refractivity contribution in [1.29, 1.82) is 0 Å². The van der Waals surface area contributed by atoms with E-state index in [1.165, 1.54) is 43.3 Å². The van der Waals surface area contributed by atoms with Gasteiger partial charge in [-0.1, -0.05) is 133 Å². The number of benzene rings is 6. The third-order valence-electron chi connectivity index (χ3n) is 9.40. The van der Waals surface area contributed by atoms with Crippen LogP contribution in [0.2, 0.25) is 0 Å². The Kier molecular flexibility index (Phi) is 6.12. The molecule has 0 aliphatic carbocycles. The summed E-state index contributed by atoms with van der Waals surface area (Å²) in [5.41, 5.74) is 9.14. The number of rotatable bonds is 5. The Bertz CT molecular complexity index is 2740. The van der Waals surface area contributed by atoms with E-state index in [9.17, 15) is 0 Å². The molecule has 0 amide bonds. The van der Waals surface area contributed by atoms with E-state index in [0.29, 0.717) is 0 Å². The lowest BCUT2D eigenvalue weighted by molar-refractivity contribution is 1.07. The van der Waals surface area contributed by atoms with Crippen molar-refractivity contribution in [2.75, 3.05) is 0 Å². The second kappa shape index (κ2) is 10.8. The molecule has 4 nitrogen and oxygen atoms in total. The fourth-order valence-electron chi connectivity index (χ4n) is 7.37. The summed E-state index contributed by atoms with van der Waals surface area (Å²) in [5, 5.41) is 6.41. The molecule has 5 heteroatoms. The molecule has 0 saturated heterocycles. The van der Waals surface area contributed by atoms with Gasteiger partial charge in [-0.25, -0.2) is 4.98 Å². The maximum Gasteiger partial charge on any atom is 0.139 e. The second-order valence-corrected chi connectivity index (χ2v) is 14.2. The van der Waals surface area contributed by atoms with Crippen LogP contribution in [-0.4, -0.2) is 18.3 Å². The van der Waals surface area contributed by atoms with E-state index < -0.39 is 8.07 Å². The third kappa shape index (κ3) is 4.03. The molecular formula is C43H29N4P. The average Bonchev–Trinajstić information content (AvgIpc) is 3.80. The van der Waals surface area contributed by atoms with Crippen molar-refractivity contribution in [3.8, 4) is 17.1 Å². The van der Waals surface area contributed by atoms with Crippen molar-refractivity contribution in [3.05, 3.63) is 176 Å². The highest BCUT2D eigenvalue weighted by atomic mass is 31.1. The zero-order chi connectivity index (χ0) is 31.6. The topological polar surface area (TPSA) is 27.2 Å². The van der Waals surface area contributed by atoms with Crippen molar-refractivity contribution < 1.29 is 0 Å². The lowest BCUT2D eigenvalue weighted by Gasteiger charge is -2.23. The molecule has 6 aromatic carbocycles. The summed E-state index contributed by atoms with van der Waals surface area (Å²) in [6.45, 7) is 0. The average molecular weight is 633 g/mol. The Hall–Kier alpha value is -5.96. The molecule has 0 saturated carbocycles. The first-order valence-corrected chi connectivity index (χ1v) is 17.5. The van der Waals surface area contributed by atoms with Crippen molar-refractivity contribution in [2.45, 2.75) is 0 Å². The maximum absolute atomic E-state index is 5.23. The predicted molar refractivity (Wildman–Crippen MR) is 202 cm³/mol. The first kappa shape index (κ1) is 27.2. The van der Waals surface area contributed by atoms with Crippen molar-refractivity contribution in [2.24, 2.45) is 0 Å². The van der Waals surface area contributed by atoms with Crippen molar-refractivity contribution in [3.63, 3.8) is 0 Å². The number of imidazole rings is 1. The van der Waals surface area contributed by atoms with Gasteiger partial charge in [0.2, 0.25) is 0 Å². The summed E-state index contributed by atoms with van der Waals surface area (Å²) in [6, 6.07) is 63.3. The van der Waals surface area contributed by atoms with Gasteiger partial charge in [-0.3, -0.25) is 8.97 Å². The van der Waals surface area contributed by atoms with Gasteiger partial charge in [0.15, 0.2) is 0 Å². The fourth-order valence-corrected chi connectivity index (χ4v) is 9.85. The minimum atomic E-state index is -0.925. The van der Waals surface area contributed by atoms with Crippen LogP contribution < -0.4 is 10.6 Å². The Labute approximate surface area is 278 Å². The van der Waals surface area contributed by atoms with Crippen LogP contribution in [0.15, 0.2) is 176 Å². The van der Waals surface area contributed by atoms with E-state index in [1.54, 1.807) is 0 Å². The second-order valence-electron chi connectivity index (χ2n) is 12.1. The lowest BCUT2D eigenvalue weighted by Crippen LogP contribution is -2.16. The Morgan fingerprint density at radius 3 is 1.79 bits per heavy atom. The molecule has 0 aliphatic heterocycles. The smallest absolute Gasteiger partial charge is 0.139 e. The van der Waals surface area contributed by atoms with Gasteiger partial charge >= 0.3 is 0 Å². The van der Waals surface area contributed by atoms with Crippen LogP contribution in [0.3, 0.4) is 0 Å². The van der Waals surface area contributed by atoms with E-state index in [-0.39, 0.29) is 0 Å². The lowest BCUT2D eigenvalue weighted by atomic mass is 10.1. The number of hydrogen-bond donors (Lipinski definition) is 0. The number of hydrogen-bond acceptors (Lipinski definition) is 1. The molecule has 0 bridgehead atoms. The van der Waals surface area contributed by atoms with E-state index in [4.69, 9.17) is 4.98 Å². The zero-order valence-electron chi connectivity index (χ0n) is 26.0. The van der Waals surface area contributed by atoms with Gasteiger partial charge in [0, 0.05) is 32.3 Å². The van der Waals surface area contributed by atoms with Gasteiger partial charge in [0.25, 0.3) is 0 Å². The summed E-state index contributed by atoms with van der Waals surface area (Å²) in [5.74, 6) is 0.901. The largest absolute Gasteiger partial charge is 0.310 e. The van der Waals surface area contributed by atoms with Crippen molar-refractivity contribution >= 4 is 68.1 Å². The fraction of sp³-hybridized carbons (Fsp3) is 0. The van der Waals surface area contributed by atoms with Crippen LogP contribution in [0, 0.1) is 0 Å². The molecule has 0 unspecified atom stereocenters. The van der Waals surface area contributed by atoms with Gasteiger partial charge < -0.3 is 4.34 Å². The molecule has 0 atom stereocenters. The predicted octanol–water partition coefficient (Wildman–Crippen LogP) is 10.1. The molecule has 226 valence electrons. The number of fused-ring (bicyclic) bond motifs is 9. The quantitative estimate of drug-likeness (QED) is 0.174. The summed E-state index contributed by atoms with van der Waals surface area (Å²) in [7, 11) is -0.925. The minimum absolute atomic E-state index is 0.901. The molecule has 0 N–H and O–H groups in total. The maximum atomic E-state index is 5.23. The van der Waals surface area contributed by atoms with Gasteiger partial charge in [0.05, 0.1) is 41.3 Å². The highest BCUT2D eigenvalue weighted by Gasteiger charge is 2.25. The Balaban J connectivity index is 1.33. The molecule has 10 aromatic rings. The zero-order valence-corrected chi connectivity index (χ0v) is 26.9. The molecule has 0 radical (unpaired) electrons. The van der Waals surface area contributed by atoms with Crippen LogP contribution >= 0.6 is 8.07 Å². The molecular weight excluding hydrogens is 603 g/mol. The molecule has 10 rings (SSSR count). The summed E-state index contributed by atoms with van der Waals surface area (Å²) < 4.78 is 7.36. The summed E-state index contributed by atoms with van der Waals surface area (Å²) in [6.07, 6.45) is 0. The third-order valence-corrected chi connectivity index (χ3v) is 11.8. The molecule has 0 fully saturated rings. The SMILES string of the molecule is c1ccc(-c2cccc(-n3c4ccccc4n4c5ccc6c7ccccc7n(P(c7ccccc7)c7ccccc7)c6c5cc34)n2)cc1. The number of para-hydroxylation sites is 3. The van der Waals surface area contributed by atoms with Crippen LogP contribution in [0.1, 0.15) is 0 Å². The van der Waals surface area contributed by atoms with E-state index in [2.05, 4.69) is 183 Å². The van der Waals surface area contributed by atoms with Crippen LogP contribution in [0.5, 0.6) is 0 Å². The molecule has 0 spiro atoms. The van der Waals surface area contributed by atoms with Gasteiger partial charge in [0.1, 0.15) is 11.5 Å². The highest BCUT2D eigenvalue weighted by molar-refractivity contribution is 7.72. The minimum Gasteiger partial charge on any atom is -0.310 e.